The third-order valence-electron chi connectivity index (χ3n) is 4.49. The van der Waals surface area contributed by atoms with Crippen LogP contribution in [0.5, 0.6) is 0 Å². The first-order valence-corrected chi connectivity index (χ1v) is 8.77. The Bertz CT molecular complexity index is 379. The maximum atomic E-state index is 5.34. The molecule has 0 aromatic carbocycles. The number of halogens is 1. The van der Waals surface area contributed by atoms with Crippen molar-refractivity contribution in [3.63, 3.8) is 0 Å². The van der Waals surface area contributed by atoms with Crippen molar-refractivity contribution in [1.29, 1.82) is 0 Å². The second-order valence-corrected chi connectivity index (χ2v) is 6.20. The molecular formula is C17H33IN4O. The van der Waals surface area contributed by atoms with E-state index in [1.54, 1.807) is 0 Å². The van der Waals surface area contributed by atoms with Gasteiger partial charge < -0.3 is 20.3 Å². The molecule has 2 aliphatic heterocycles. The molecule has 0 amide bonds. The Balaban J connectivity index is 0.00000264. The van der Waals surface area contributed by atoms with Crippen molar-refractivity contribution in [3.05, 3.63) is 11.6 Å². The zero-order valence-corrected chi connectivity index (χ0v) is 17.0. The number of hydrogen-bond acceptors (Lipinski definition) is 3. The first kappa shape index (κ1) is 20.7. The van der Waals surface area contributed by atoms with Crippen molar-refractivity contribution < 1.29 is 4.74 Å². The lowest BCUT2D eigenvalue weighted by Crippen LogP contribution is -2.48. The topological polar surface area (TPSA) is 48.9 Å². The van der Waals surface area contributed by atoms with Gasteiger partial charge >= 0.3 is 0 Å². The van der Waals surface area contributed by atoms with Gasteiger partial charge in [-0.3, -0.25) is 4.99 Å². The highest BCUT2D eigenvalue weighted by molar-refractivity contribution is 14.0. The summed E-state index contributed by atoms with van der Waals surface area (Å²) >= 11 is 0. The van der Waals surface area contributed by atoms with E-state index in [0.29, 0.717) is 6.04 Å². The predicted octanol–water partition coefficient (Wildman–Crippen LogP) is 2.38. The van der Waals surface area contributed by atoms with Crippen LogP contribution in [-0.4, -0.2) is 63.3 Å². The lowest BCUT2D eigenvalue weighted by atomic mass is 10.1. The van der Waals surface area contributed by atoms with Crippen LogP contribution in [0.15, 0.2) is 16.6 Å². The minimum Gasteiger partial charge on any atom is -0.377 e. The second-order valence-electron chi connectivity index (χ2n) is 6.20. The van der Waals surface area contributed by atoms with Gasteiger partial charge in [-0.05, 0) is 38.6 Å². The van der Waals surface area contributed by atoms with Crippen LogP contribution in [0.25, 0.3) is 0 Å². The average Bonchev–Trinajstić information content (AvgIpc) is 2.57. The van der Waals surface area contributed by atoms with Gasteiger partial charge in [-0.1, -0.05) is 18.6 Å². The van der Waals surface area contributed by atoms with Crippen molar-refractivity contribution in [1.82, 2.24) is 15.5 Å². The standard InChI is InChI=1S/C17H32N4O.HI/c1-3-10-21-11-5-16(6-12-21)20-17(18-2)19-9-4-15-7-13-22-14-8-15;/h7,16H,3-6,8-14H2,1-2H3,(H2,18,19,20);1H. The zero-order valence-electron chi connectivity index (χ0n) is 14.6. The van der Waals surface area contributed by atoms with Crippen molar-refractivity contribution in [2.75, 3.05) is 46.4 Å². The van der Waals surface area contributed by atoms with Crippen LogP contribution in [0.4, 0.5) is 0 Å². The molecule has 0 aromatic heterocycles. The molecule has 2 heterocycles. The molecule has 0 radical (unpaired) electrons. The highest BCUT2D eigenvalue weighted by Crippen LogP contribution is 2.11. The van der Waals surface area contributed by atoms with Crippen LogP contribution >= 0.6 is 24.0 Å². The summed E-state index contributed by atoms with van der Waals surface area (Å²) in [4.78, 5) is 6.92. The van der Waals surface area contributed by atoms with Gasteiger partial charge in [-0.15, -0.1) is 24.0 Å². The van der Waals surface area contributed by atoms with E-state index in [0.717, 1.165) is 38.6 Å². The SMILES string of the molecule is CCCN1CCC(NC(=NC)NCCC2=CCOCC2)CC1.I. The van der Waals surface area contributed by atoms with Gasteiger partial charge in [0.15, 0.2) is 5.96 Å². The van der Waals surface area contributed by atoms with E-state index in [1.165, 1.54) is 44.5 Å². The molecule has 5 nitrogen and oxygen atoms in total. The summed E-state index contributed by atoms with van der Waals surface area (Å²) in [5, 5.41) is 7.02. The van der Waals surface area contributed by atoms with E-state index in [9.17, 15) is 0 Å². The fourth-order valence-electron chi connectivity index (χ4n) is 3.14. The summed E-state index contributed by atoms with van der Waals surface area (Å²) in [5.41, 5.74) is 1.50. The quantitative estimate of drug-likeness (QED) is 0.291. The number of rotatable bonds is 6. The number of nitrogens with zero attached hydrogens (tertiary/aromatic N) is 2. The number of aliphatic imine (C=N–C) groups is 1. The van der Waals surface area contributed by atoms with Crippen LogP contribution in [0.1, 0.15) is 39.0 Å². The maximum absolute atomic E-state index is 5.34. The van der Waals surface area contributed by atoms with Gasteiger partial charge in [-0.25, -0.2) is 0 Å². The van der Waals surface area contributed by atoms with E-state index < -0.39 is 0 Å². The minimum absolute atomic E-state index is 0. The molecule has 23 heavy (non-hydrogen) atoms. The Labute approximate surface area is 158 Å². The third kappa shape index (κ3) is 7.85. The number of hydrogen-bond donors (Lipinski definition) is 2. The fourth-order valence-corrected chi connectivity index (χ4v) is 3.14. The highest BCUT2D eigenvalue weighted by Gasteiger charge is 2.19. The Morgan fingerprint density at radius 1 is 1.39 bits per heavy atom. The summed E-state index contributed by atoms with van der Waals surface area (Å²) in [5.74, 6) is 0.946. The van der Waals surface area contributed by atoms with E-state index >= 15 is 0 Å². The molecule has 6 heteroatoms. The Hall–Kier alpha value is -0.340. The lowest BCUT2D eigenvalue weighted by molar-refractivity contribution is 0.153. The second kappa shape index (κ2) is 12.1. The Morgan fingerprint density at radius 3 is 2.78 bits per heavy atom. The van der Waals surface area contributed by atoms with Crippen molar-refractivity contribution in [3.8, 4) is 0 Å². The van der Waals surface area contributed by atoms with Crippen molar-refractivity contribution >= 4 is 29.9 Å². The molecule has 1 saturated heterocycles. The van der Waals surface area contributed by atoms with Crippen LogP contribution < -0.4 is 10.6 Å². The number of piperidine rings is 1. The smallest absolute Gasteiger partial charge is 0.191 e. The van der Waals surface area contributed by atoms with Gasteiger partial charge in [0.25, 0.3) is 0 Å². The number of guanidine groups is 1. The van der Waals surface area contributed by atoms with E-state index in [-0.39, 0.29) is 24.0 Å². The third-order valence-corrected chi connectivity index (χ3v) is 4.49. The van der Waals surface area contributed by atoms with Gasteiger partial charge in [0.2, 0.25) is 0 Å². The van der Waals surface area contributed by atoms with Gasteiger partial charge in [0.1, 0.15) is 0 Å². The van der Waals surface area contributed by atoms with Gasteiger partial charge in [-0.2, -0.15) is 0 Å². The Morgan fingerprint density at radius 2 is 2.17 bits per heavy atom. The zero-order chi connectivity index (χ0) is 15.6. The summed E-state index contributed by atoms with van der Waals surface area (Å²) < 4.78 is 5.34. The minimum atomic E-state index is 0. The van der Waals surface area contributed by atoms with E-state index in [4.69, 9.17) is 4.74 Å². The van der Waals surface area contributed by atoms with E-state index in [1.807, 2.05) is 7.05 Å². The molecule has 0 unspecified atom stereocenters. The number of likely N-dealkylation sites (tertiary alicyclic amines) is 1. The first-order valence-electron chi connectivity index (χ1n) is 8.77. The normalized spacial score (nSPS) is 20.6. The summed E-state index contributed by atoms with van der Waals surface area (Å²) in [6.45, 7) is 8.49. The van der Waals surface area contributed by atoms with Gasteiger partial charge in [0, 0.05) is 32.7 Å². The molecule has 0 saturated carbocycles. The van der Waals surface area contributed by atoms with Crippen molar-refractivity contribution in [2.45, 2.75) is 45.1 Å². The summed E-state index contributed by atoms with van der Waals surface area (Å²) in [6.07, 6.45) is 8.04. The molecule has 2 N–H and O–H groups in total. The molecule has 0 aromatic rings. The lowest BCUT2D eigenvalue weighted by Gasteiger charge is -2.32. The predicted molar refractivity (Wildman–Crippen MR) is 108 cm³/mol. The average molecular weight is 436 g/mol. The number of nitrogens with one attached hydrogen (secondary N) is 2. The molecule has 0 bridgehead atoms. The first-order chi connectivity index (χ1) is 10.8. The number of ether oxygens (including phenoxy) is 1. The van der Waals surface area contributed by atoms with Gasteiger partial charge in [0.05, 0.1) is 13.2 Å². The molecule has 0 atom stereocenters. The molecule has 0 spiro atoms. The highest BCUT2D eigenvalue weighted by atomic mass is 127. The molecule has 0 aliphatic carbocycles. The molecule has 2 aliphatic rings. The Kier molecular flexibility index (Phi) is 10.9. The van der Waals surface area contributed by atoms with E-state index in [2.05, 4.69) is 33.5 Å². The monoisotopic (exact) mass is 436 g/mol. The van der Waals surface area contributed by atoms with Crippen LogP contribution in [0, 0.1) is 0 Å². The van der Waals surface area contributed by atoms with Crippen LogP contribution in [0.2, 0.25) is 0 Å². The molecule has 2 rings (SSSR count). The van der Waals surface area contributed by atoms with Crippen molar-refractivity contribution in [2.24, 2.45) is 4.99 Å². The molecule has 134 valence electrons. The summed E-state index contributed by atoms with van der Waals surface area (Å²) in [6, 6.07) is 0.557. The maximum Gasteiger partial charge on any atom is 0.191 e. The summed E-state index contributed by atoms with van der Waals surface area (Å²) in [7, 11) is 1.86. The molecule has 1 fully saturated rings. The van der Waals surface area contributed by atoms with Crippen LogP contribution in [-0.2, 0) is 4.74 Å². The van der Waals surface area contributed by atoms with Crippen LogP contribution in [0.3, 0.4) is 0 Å². The molecular weight excluding hydrogens is 403 g/mol. The fraction of sp³-hybridized carbons (Fsp3) is 0.824. The largest absolute Gasteiger partial charge is 0.377 e.